The highest BCUT2D eigenvalue weighted by Crippen LogP contribution is 2.44. The zero-order chi connectivity index (χ0) is 20.1. The molecule has 0 aromatic heterocycles. The van der Waals surface area contributed by atoms with E-state index < -0.39 is 5.97 Å². The number of nitrogens with zero attached hydrogens (tertiary/aromatic N) is 2. The van der Waals surface area contributed by atoms with E-state index in [2.05, 4.69) is 6.07 Å². The Hall–Kier alpha value is -3.52. The molecule has 28 heavy (non-hydrogen) atoms. The smallest absolute Gasteiger partial charge is 0.332 e. The normalized spacial score (nSPS) is 20.8. The summed E-state index contributed by atoms with van der Waals surface area (Å²) in [6.45, 7) is 4.06. The quantitative estimate of drug-likeness (QED) is 0.646. The number of hydrogen-bond donors (Lipinski definition) is 1. The summed E-state index contributed by atoms with van der Waals surface area (Å²) in [6, 6.07) is 21.6. The van der Waals surface area contributed by atoms with Crippen LogP contribution in [0.2, 0.25) is 0 Å². The Balaban J connectivity index is 2.22. The molecule has 1 heterocycles. The number of nitrogens with two attached hydrogens (primary N) is 1. The molecule has 0 saturated heterocycles. The molecule has 1 aliphatic heterocycles. The van der Waals surface area contributed by atoms with Gasteiger partial charge in [-0.2, -0.15) is 5.26 Å². The summed E-state index contributed by atoms with van der Waals surface area (Å²) in [7, 11) is 0. The number of anilines is 1. The third-order valence-electron chi connectivity index (χ3n) is 4.90. The Labute approximate surface area is 165 Å². The average molecular weight is 373 g/mol. The van der Waals surface area contributed by atoms with Gasteiger partial charge in [0.2, 0.25) is 0 Å². The lowest BCUT2D eigenvalue weighted by atomic mass is 9.76. The first-order valence-corrected chi connectivity index (χ1v) is 9.26. The van der Waals surface area contributed by atoms with Crippen molar-refractivity contribution in [1.82, 2.24) is 0 Å². The number of allylic oxidation sites excluding steroid dienone is 2. The van der Waals surface area contributed by atoms with Gasteiger partial charge in [-0.3, -0.25) is 4.90 Å². The van der Waals surface area contributed by atoms with Crippen LogP contribution in [0.4, 0.5) is 5.69 Å². The lowest BCUT2D eigenvalue weighted by Crippen LogP contribution is -2.39. The van der Waals surface area contributed by atoms with Crippen molar-refractivity contribution < 1.29 is 9.53 Å². The molecule has 0 spiro atoms. The van der Waals surface area contributed by atoms with Gasteiger partial charge in [-0.1, -0.05) is 55.5 Å². The monoisotopic (exact) mass is 373 g/mol. The van der Waals surface area contributed by atoms with Crippen molar-refractivity contribution in [2.24, 2.45) is 11.7 Å². The lowest BCUT2D eigenvalue weighted by Gasteiger charge is -2.40. The highest BCUT2D eigenvalue weighted by Gasteiger charge is 2.38. The standard InChI is InChI=1S/C23H23N3O2/c1-3-28-21(27)14-20-16(2)22(17-10-6-4-7-11-17)19(15-24)23(25)26(20)18-12-8-5-9-13-18/h4-14,16,22H,3,25H2,1-2H3/b20-14+/t16-,22-/m0/s1. The van der Waals surface area contributed by atoms with E-state index in [1.807, 2.05) is 67.6 Å². The molecule has 3 rings (SSSR count). The third kappa shape index (κ3) is 3.63. The minimum absolute atomic E-state index is 0.158. The lowest BCUT2D eigenvalue weighted by molar-refractivity contribution is -0.137. The number of rotatable bonds is 4. The Kier molecular flexibility index (Phi) is 5.81. The average Bonchev–Trinajstić information content (AvgIpc) is 2.72. The Morgan fingerprint density at radius 1 is 1.18 bits per heavy atom. The van der Waals surface area contributed by atoms with Gasteiger partial charge in [0.25, 0.3) is 0 Å². The van der Waals surface area contributed by atoms with Crippen LogP contribution in [0.3, 0.4) is 0 Å². The molecule has 2 aromatic rings. The van der Waals surface area contributed by atoms with Gasteiger partial charge < -0.3 is 10.5 Å². The van der Waals surface area contributed by atoms with Crippen LogP contribution in [-0.4, -0.2) is 12.6 Å². The highest BCUT2D eigenvalue weighted by molar-refractivity contribution is 5.85. The Morgan fingerprint density at radius 2 is 1.79 bits per heavy atom. The topological polar surface area (TPSA) is 79.3 Å². The fraction of sp³-hybridized carbons (Fsp3) is 0.217. The first kappa shape index (κ1) is 19.2. The summed E-state index contributed by atoms with van der Waals surface area (Å²) in [5.41, 5.74) is 9.46. The van der Waals surface area contributed by atoms with Crippen LogP contribution in [0.25, 0.3) is 0 Å². The molecule has 0 unspecified atom stereocenters. The molecule has 0 radical (unpaired) electrons. The van der Waals surface area contributed by atoms with E-state index in [4.69, 9.17) is 10.5 Å². The van der Waals surface area contributed by atoms with Crippen LogP contribution < -0.4 is 10.6 Å². The van der Waals surface area contributed by atoms with Crippen LogP contribution in [0, 0.1) is 17.2 Å². The van der Waals surface area contributed by atoms with E-state index in [1.165, 1.54) is 6.08 Å². The molecule has 5 heteroatoms. The summed E-state index contributed by atoms with van der Waals surface area (Å²) >= 11 is 0. The van der Waals surface area contributed by atoms with Crippen LogP contribution in [0.5, 0.6) is 0 Å². The molecule has 142 valence electrons. The maximum atomic E-state index is 12.3. The minimum atomic E-state index is -0.426. The zero-order valence-electron chi connectivity index (χ0n) is 16.0. The minimum Gasteiger partial charge on any atom is -0.463 e. The summed E-state index contributed by atoms with van der Waals surface area (Å²) in [5.74, 6) is -0.498. The molecule has 2 atom stereocenters. The van der Waals surface area contributed by atoms with Gasteiger partial charge in [0, 0.05) is 29.3 Å². The molecular formula is C23H23N3O2. The van der Waals surface area contributed by atoms with Crippen molar-refractivity contribution in [2.75, 3.05) is 11.5 Å². The van der Waals surface area contributed by atoms with Crippen molar-refractivity contribution in [3.63, 3.8) is 0 Å². The van der Waals surface area contributed by atoms with Crippen LogP contribution in [0.15, 0.2) is 83.8 Å². The Morgan fingerprint density at radius 3 is 2.36 bits per heavy atom. The molecule has 1 aliphatic rings. The SMILES string of the molecule is CCOC(=O)/C=C1\[C@H](C)[C@@H](c2ccccc2)C(C#N)=C(N)N1c1ccccc1. The van der Waals surface area contributed by atoms with Gasteiger partial charge in [0.1, 0.15) is 5.82 Å². The van der Waals surface area contributed by atoms with Gasteiger partial charge in [0.05, 0.1) is 18.2 Å². The second kappa shape index (κ2) is 8.45. The number of carbonyl (C=O) groups excluding carboxylic acids is 1. The number of esters is 1. The van der Waals surface area contributed by atoms with Crippen LogP contribution >= 0.6 is 0 Å². The number of benzene rings is 2. The van der Waals surface area contributed by atoms with Gasteiger partial charge in [-0.15, -0.1) is 0 Å². The fourth-order valence-corrected chi connectivity index (χ4v) is 3.65. The molecular weight excluding hydrogens is 350 g/mol. The maximum absolute atomic E-state index is 12.3. The summed E-state index contributed by atoms with van der Waals surface area (Å²) in [5, 5.41) is 9.90. The van der Waals surface area contributed by atoms with E-state index in [9.17, 15) is 10.1 Å². The first-order chi connectivity index (χ1) is 13.6. The van der Waals surface area contributed by atoms with Crippen LogP contribution in [-0.2, 0) is 9.53 Å². The number of hydrogen-bond acceptors (Lipinski definition) is 5. The molecule has 0 saturated carbocycles. The van der Waals surface area contributed by atoms with Crippen LogP contribution in [0.1, 0.15) is 25.3 Å². The second-order valence-corrected chi connectivity index (χ2v) is 6.58. The largest absolute Gasteiger partial charge is 0.463 e. The fourth-order valence-electron chi connectivity index (χ4n) is 3.65. The van der Waals surface area contributed by atoms with Gasteiger partial charge in [-0.05, 0) is 24.6 Å². The summed E-state index contributed by atoms with van der Waals surface area (Å²) in [6.07, 6.45) is 1.48. The molecule has 2 aromatic carbocycles. The first-order valence-electron chi connectivity index (χ1n) is 9.26. The predicted molar refractivity (Wildman–Crippen MR) is 109 cm³/mol. The predicted octanol–water partition coefficient (Wildman–Crippen LogP) is 4.07. The van der Waals surface area contributed by atoms with E-state index in [0.717, 1.165) is 11.3 Å². The van der Waals surface area contributed by atoms with E-state index in [0.29, 0.717) is 23.7 Å². The maximum Gasteiger partial charge on any atom is 0.332 e. The number of nitriles is 1. The highest BCUT2D eigenvalue weighted by atomic mass is 16.5. The van der Waals surface area contributed by atoms with Gasteiger partial charge in [-0.25, -0.2) is 4.79 Å². The molecule has 0 amide bonds. The molecule has 0 aliphatic carbocycles. The van der Waals surface area contributed by atoms with Crippen molar-refractivity contribution in [1.29, 1.82) is 5.26 Å². The molecule has 0 fully saturated rings. The molecule has 2 N–H and O–H groups in total. The van der Waals surface area contributed by atoms with Crippen molar-refractivity contribution in [3.8, 4) is 6.07 Å². The number of ether oxygens (including phenoxy) is 1. The number of para-hydroxylation sites is 1. The second-order valence-electron chi connectivity index (χ2n) is 6.58. The third-order valence-corrected chi connectivity index (χ3v) is 4.90. The molecule has 5 nitrogen and oxygen atoms in total. The van der Waals surface area contributed by atoms with E-state index in [1.54, 1.807) is 11.8 Å². The summed E-state index contributed by atoms with van der Waals surface area (Å²) in [4.78, 5) is 14.1. The Bertz CT molecular complexity index is 943. The zero-order valence-corrected chi connectivity index (χ0v) is 16.0. The van der Waals surface area contributed by atoms with Gasteiger partial charge >= 0.3 is 5.97 Å². The van der Waals surface area contributed by atoms with Crippen molar-refractivity contribution in [3.05, 3.63) is 89.4 Å². The van der Waals surface area contributed by atoms with E-state index in [-0.39, 0.29) is 11.8 Å². The van der Waals surface area contributed by atoms with Gasteiger partial charge in [0.15, 0.2) is 0 Å². The number of carbonyl (C=O) groups is 1. The van der Waals surface area contributed by atoms with Crippen molar-refractivity contribution in [2.45, 2.75) is 19.8 Å². The summed E-state index contributed by atoms with van der Waals surface area (Å²) < 4.78 is 5.14. The molecule has 0 bridgehead atoms. The van der Waals surface area contributed by atoms with E-state index >= 15 is 0 Å². The van der Waals surface area contributed by atoms with Crippen molar-refractivity contribution >= 4 is 11.7 Å².